The molecule has 0 aliphatic rings. The van der Waals surface area contributed by atoms with Crippen LogP contribution in [0, 0.1) is 0 Å². The van der Waals surface area contributed by atoms with Crippen LogP contribution < -0.4 is 5.32 Å². The van der Waals surface area contributed by atoms with Crippen molar-refractivity contribution in [3.8, 4) is 0 Å². The third-order valence-corrected chi connectivity index (χ3v) is 4.32. The predicted molar refractivity (Wildman–Crippen MR) is 84.7 cm³/mol. The van der Waals surface area contributed by atoms with Crippen molar-refractivity contribution in [2.75, 3.05) is 0 Å². The molecule has 1 heterocycles. The van der Waals surface area contributed by atoms with Gasteiger partial charge in [0.1, 0.15) is 0 Å². The zero-order valence-electron chi connectivity index (χ0n) is 12.2. The van der Waals surface area contributed by atoms with Crippen molar-refractivity contribution in [2.45, 2.75) is 45.7 Å². The first-order valence-electron chi connectivity index (χ1n) is 6.83. The second-order valence-electron chi connectivity index (χ2n) is 6.05. The highest BCUT2D eigenvalue weighted by Crippen LogP contribution is 2.24. The molecular formula is C17H23NS. The van der Waals surface area contributed by atoms with E-state index >= 15 is 0 Å². The highest BCUT2D eigenvalue weighted by Gasteiger charge is 2.13. The van der Waals surface area contributed by atoms with Gasteiger partial charge in [0.15, 0.2) is 0 Å². The summed E-state index contributed by atoms with van der Waals surface area (Å²) in [5.41, 5.74) is 2.97. The van der Waals surface area contributed by atoms with E-state index in [1.807, 2.05) is 0 Å². The Kier molecular flexibility index (Phi) is 4.43. The van der Waals surface area contributed by atoms with Gasteiger partial charge in [-0.15, -0.1) is 11.3 Å². The molecule has 2 aromatic rings. The summed E-state index contributed by atoms with van der Waals surface area (Å²) in [4.78, 5) is 1.39. The van der Waals surface area contributed by atoms with Crippen molar-refractivity contribution < 1.29 is 0 Å². The van der Waals surface area contributed by atoms with Crippen LogP contribution in [0.15, 0.2) is 41.8 Å². The van der Waals surface area contributed by atoms with Gasteiger partial charge in [0.25, 0.3) is 0 Å². The maximum Gasteiger partial charge on any atom is 0.0305 e. The predicted octanol–water partition coefficient (Wildman–Crippen LogP) is 4.90. The standard InChI is InChI=1S/C17H23NS/c1-13(18-12-16-6-5-11-19-16)14-7-9-15(10-8-14)17(2,3)4/h5-11,13,18H,12H2,1-4H3. The molecule has 2 heteroatoms. The van der Waals surface area contributed by atoms with Crippen molar-refractivity contribution in [1.82, 2.24) is 5.32 Å². The lowest BCUT2D eigenvalue weighted by Crippen LogP contribution is -2.18. The number of hydrogen-bond acceptors (Lipinski definition) is 2. The van der Waals surface area contributed by atoms with Gasteiger partial charge in [-0.1, -0.05) is 51.1 Å². The first-order valence-corrected chi connectivity index (χ1v) is 7.71. The summed E-state index contributed by atoms with van der Waals surface area (Å²) in [5, 5.41) is 5.69. The van der Waals surface area contributed by atoms with Crippen molar-refractivity contribution in [3.05, 3.63) is 57.8 Å². The third-order valence-electron chi connectivity index (χ3n) is 3.44. The Labute approximate surface area is 120 Å². The minimum atomic E-state index is 0.228. The maximum atomic E-state index is 3.57. The molecule has 1 atom stereocenters. The Balaban J connectivity index is 1.97. The summed E-state index contributed by atoms with van der Waals surface area (Å²) in [6, 6.07) is 13.6. The molecule has 0 spiro atoms. The lowest BCUT2D eigenvalue weighted by Gasteiger charge is -2.20. The van der Waals surface area contributed by atoms with E-state index in [0.29, 0.717) is 6.04 Å². The summed E-state index contributed by atoms with van der Waals surface area (Å²) in [6.07, 6.45) is 0. The number of thiophene rings is 1. The fourth-order valence-electron chi connectivity index (χ4n) is 2.06. The monoisotopic (exact) mass is 273 g/mol. The van der Waals surface area contributed by atoms with Gasteiger partial charge in [-0.25, -0.2) is 0 Å². The van der Waals surface area contributed by atoms with E-state index in [-0.39, 0.29) is 5.41 Å². The van der Waals surface area contributed by atoms with Crippen LogP contribution in [0.5, 0.6) is 0 Å². The lowest BCUT2D eigenvalue weighted by atomic mass is 9.86. The van der Waals surface area contributed by atoms with Crippen LogP contribution >= 0.6 is 11.3 Å². The molecule has 1 N–H and O–H groups in total. The molecular weight excluding hydrogens is 250 g/mol. The Morgan fingerprint density at radius 2 is 1.79 bits per heavy atom. The van der Waals surface area contributed by atoms with Gasteiger partial charge in [0, 0.05) is 17.5 Å². The Morgan fingerprint density at radius 1 is 1.11 bits per heavy atom. The van der Waals surface area contributed by atoms with E-state index in [4.69, 9.17) is 0 Å². The molecule has 0 saturated carbocycles. The molecule has 1 aromatic heterocycles. The second kappa shape index (κ2) is 5.89. The normalized spacial score (nSPS) is 13.5. The summed E-state index contributed by atoms with van der Waals surface area (Å²) >= 11 is 1.80. The van der Waals surface area contributed by atoms with Gasteiger partial charge in [-0.05, 0) is 34.9 Å². The number of hydrogen-bond donors (Lipinski definition) is 1. The van der Waals surface area contributed by atoms with E-state index in [9.17, 15) is 0 Å². The van der Waals surface area contributed by atoms with E-state index in [2.05, 4.69) is 74.8 Å². The molecule has 0 aliphatic carbocycles. The molecule has 19 heavy (non-hydrogen) atoms. The van der Waals surface area contributed by atoms with Crippen LogP contribution in [-0.2, 0) is 12.0 Å². The summed E-state index contributed by atoms with van der Waals surface area (Å²) in [5.74, 6) is 0. The Hall–Kier alpha value is -1.12. The fraction of sp³-hybridized carbons (Fsp3) is 0.412. The van der Waals surface area contributed by atoms with Crippen LogP contribution in [0.1, 0.15) is 49.7 Å². The topological polar surface area (TPSA) is 12.0 Å². The minimum Gasteiger partial charge on any atom is -0.305 e. The van der Waals surface area contributed by atoms with Gasteiger partial charge in [-0.3, -0.25) is 0 Å². The molecule has 102 valence electrons. The average molecular weight is 273 g/mol. The van der Waals surface area contributed by atoms with Gasteiger partial charge < -0.3 is 5.32 Å². The van der Waals surface area contributed by atoms with Gasteiger partial charge >= 0.3 is 0 Å². The van der Waals surface area contributed by atoms with Crippen LogP contribution in [-0.4, -0.2) is 0 Å². The number of nitrogens with one attached hydrogen (secondary N) is 1. The second-order valence-corrected chi connectivity index (χ2v) is 7.09. The molecule has 0 fully saturated rings. The zero-order chi connectivity index (χ0) is 13.9. The maximum absolute atomic E-state index is 3.57. The Morgan fingerprint density at radius 3 is 2.32 bits per heavy atom. The molecule has 0 aliphatic heterocycles. The minimum absolute atomic E-state index is 0.228. The highest BCUT2D eigenvalue weighted by atomic mass is 32.1. The summed E-state index contributed by atoms with van der Waals surface area (Å²) in [6.45, 7) is 9.92. The van der Waals surface area contributed by atoms with Gasteiger partial charge in [0.05, 0.1) is 0 Å². The molecule has 2 rings (SSSR count). The smallest absolute Gasteiger partial charge is 0.0305 e. The largest absolute Gasteiger partial charge is 0.305 e. The number of rotatable bonds is 4. The first-order chi connectivity index (χ1) is 8.97. The average Bonchev–Trinajstić information content (AvgIpc) is 2.88. The molecule has 0 bridgehead atoms. The van der Waals surface area contributed by atoms with Crippen molar-refractivity contribution in [2.24, 2.45) is 0 Å². The molecule has 1 nitrogen and oxygen atoms in total. The van der Waals surface area contributed by atoms with Crippen molar-refractivity contribution in [1.29, 1.82) is 0 Å². The summed E-state index contributed by atoms with van der Waals surface area (Å²) < 4.78 is 0. The van der Waals surface area contributed by atoms with Crippen molar-refractivity contribution >= 4 is 11.3 Å². The molecule has 0 amide bonds. The van der Waals surface area contributed by atoms with Gasteiger partial charge in [-0.2, -0.15) is 0 Å². The Bertz CT molecular complexity index is 491. The van der Waals surface area contributed by atoms with E-state index in [1.54, 1.807) is 11.3 Å². The summed E-state index contributed by atoms with van der Waals surface area (Å²) in [7, 11) is 0. The molecule has 0 saturated heterocycles. The molecule has 0 radical (unpaired) electrons. The first kappa shape index (κ1) is 14.3. The van der Waals surface area contributed by atoms with Gasteiger partial charge in [0.2, 0.25) is 0 Å². The molecule has 1 unspecified atom stereocenters. The highest BCUT2D eigenvalue weighted by molar-refractivity contribution is 7.09. The van der Waals surface area contributed by atoms with Crippen LogP contribution in [0.3, 0.4) is 0 Å². The van der Waals surface area contributed by atoms with Crippen LogP contribution in [0.25, 0.3) is 0 Å². The van der Waals surface area contributed by atoms with Crippen LogP contribution in [0.4, 0.5) is 0 Å². The molecule has 1 aromatic carbocycles. The van der Waals surface area contributed by atoms with Crippen molar-refractivity contribution in [3.63, 3.8) is 0 Å². The third kappa shape index (κ3) is 3.92. The number of benzene rings is 1. The fourth-order valence-corrected chi connectivity index (χ4v) is 2.71. The van der Waals surface area contributed by atoms with E-state index in [0.717, 1.165) is 6.54 Å². The van der Waals surface area contributed by atoms with Crippen LogP contribution in [0.2, 0.25) is 0 Å². The van der Waals surface area contributed by atoms with E-state index in [1.165, 1.54) is 16.0 Å². The zero-order valence-corrected chi connectivity index (χ0v) is 13.1. The van der Waals surface area contributed by atoms with E-state index < -0.39 is 0 Å². The quantitative estimate of drug-likeness (QED) is 0.835. The lowest BCUT2D eigenvalue weighted by molar-refractivity contribution is 0.572. The SMILES string of the molecule is CC(NCc1cccs1)c1ccc(C(C)(C)C)cc1.